The molecule has 0 heteroatoms. The van der Waals surface area contributed by atoms with Crippen molar-refractivity contribution in [2.45, 2.75) is 32.1 Å². The number of rotatable bonds is 2. The standard InChI is InChI=1S/C15H18/c1-2-15(13-9-5-3-6-10-13)14-11-7-4-8-12-14/h3,5-6,9-10,14H,1,4,7-8,11-12H2. The van der Waals surface area contributed by atoms with Crippen LogP contribution in [0.25, 0.3) is 5.57 Å². The van der Waals surface area contributed by atoms with Crippen LogP contribution in [0.4, 0.5) is 0 Å². The zero-order valence-electron chi connectivity index (χ0n) is 9.21. The summed E-state index contributed by atoms with van der Waals surface area (Å²) < 4.78 is 0. The van der Waals surface area contributed by atoms with Crippen molar-refractivity contribution in [3.8, 4) is 0 Å². The van der Waals surface area contributed by atoms with Gasteiger partial charge in [-0.25, -0.2) is 0 Å². The van der Waals surface area contributed by atoms with Gasteiger partial charge in [-0.3, -0.25) is 0 Å². The lowest BCUT2D eigenvalue weighted by molar-refractivity contribution is 0.429. The molecule has 78 valence electrons. The van der Waals surface area contributed by atoms with Crippen LogP contribution < -0.4 is 0 Å². The van der Waals surface area contributed by atoms with E-state index in [-0.39, 0.29) is 0 Å². The van der Waals surface area contributed by atoms with Crippen LogP contribution in [0.1, 0.15) is 37.7 Å². The quantitative estimate of drug-likeness (QED) is 0.616. The largest absolute Gasteiger partial charge is 0.124 e. The van der Waals surface area contributed by atoms with Crippen LogP contribution in [-0.2, 0) is 0 Å². The summed E-state index contributed by atoms with van der Waals surface area (Å²) >= 11 is 0. The Kier molecular flexibility index (Phi) is 3.42. The second-order valence-electron chi connectivity index (χ2n) is 4.29. The molecule has 0 bridgehead atoms. The second kappa shape index (κ2) is 5.00. The molecule has 1 aromatic carbocycles. The molecule has 0 aromatic heterocycles. The van der Waals surface area contributed by atoms with Crippen molar-refractivity contribution in [3.63, 3.8) is 0 Å². The van der Waals surface area contributed by atoms with E-state index >= 15 is 0 Å². The predicted octanol–water partition coefficient (Wildman–Crippen LogP) is 4.44. The molecule has 0 spiro atoms. The van der Waals surface area contributed by atoms with Crippen molar-refractivity contribution in [1.29, 1.82) is 0 Å². The van der Waals surface area contributed by atoms with E-state index in [0.717, 1.165) is 0 Å². The van der Waals surface area contributed by atoms with Crippen molar-refractivity contribution in [3.05, 3.63) is 48.2 Å². The molecule has 0 heterocycles. The Morgan fingerprint density at radius 2 is 1.73 bits per heavy atom. The monoisotopic (exact) mass is 198 g/mol. The van der Waals surface area contributed by atoms with E-state index in [0.29, 0.717) is 5.92 Å². The molecule has 2 rings (SSSR count). The SMILES string of the molecule is C=C=C(c1ccccc1)C1CCCCC1. The van der Waals surface area contributed by atoms with Crippen molar-refractivity contribution < 1.29 is 0 Å². The molecular formula is C15H18. The van der Waals surface area contributed by atoms with Gasteiger partial charge in [0.2, 0.25) is 0 Å². The Labute approximate surface area is 92.3 Å². The number of benzene rings is 1. The van der Waals surface area contributed by atoms with Gasteiger partial charge in [-0.15, -0.1) is 5.73 Å². The minimum Gasteiger partial charge on any atom is -0.124 e. The Morgan fingerprint density at radius 1 is 1.07 bits per heavy atom. The van der Waals surface area contributed by atoms with Gasteiger partial charge in [0.1, 0.15) is 0 Å². The average Bonchev–Trinajstić information content (AvgIpc) is 2.33. The molecule has 0 nitrogen and oxygen atoms in total. The molecule has 0 unspecified atom stereocenters. The maximum Gasteiger partial charge on any atom is 0.00368 e. The van der Waals surface area contributed by atoms with E-state index in [1.54, 1.807) is 0 Å². The van der Waals surface area contributed by atoms with E-state index in [1.165, 1.54) is 43.2 Å². The van der Waals surface area contributed by atoms with E-state index in [9.17, 15) is 0 Å². The van der Waals surface area contributed by atoms with E-state index in [4.69, 9.17) is 0 Å². The summed E-state index contributed by atoms with van der Waals surface area (Å²) in [6, 6.07) is 10.6. The van der Waals surface area contributed by atoms with Crippen LogP contribution in [0.2, 0.25) is 0 Å². The van der Waals surface area contributed by atoms with Gasteiger partial charge in [-0.2, -0.15) is 0 Å². The summed E-state index contributed by atoms with van der Waals surface area (Å²) in [5.74, 6) is 0.693. The van der Waals surface area contributed by atoms with Gasteiger partial charge in [0.25, 0.3) is 0 Å². The summed E-state index contributed by atoms with van der Waals surface area (Å²) in [6.45, 7) is 3.85. The molecule has 1 aliphatic rings. The minimum atomic E-state index is 0.693. The highest BCUT2D eigenvalue weighted by Crippen LogP contribution is 2.34. The first-order valence-corrected chi connectivity index (χ1v) is 5.87. The molecule has 0 N–H and O–H groups in total. The third kappa shape index (κ3) is 2.40. The smallest absolute Gasteiger partial charge is 0.00368 e. The molecule has 0 radical (unpaired) electrons. The highest BCUT2D eigenvalue weighted by molar-refractivity contribution is 5.66. The Bertz CT molecular complexity index is 349. The molecule has 0 amide bonds. The van der Waals surface area contributed by atoms with Crippen molar-refractivity contribution >= 4 is 5.57 Å². The van der Waals surface area contributed by atoms with Gasteiger partial charge in [-0.05, 0) is 24.3 Å². The molecule has 1 aromatic rings. The highest BCUT2D eigenvalue weighted by Gasteiger charge is 2.18. The molecule has 1 fully saturated rings. The van der Waals surface area contributed by atoms with Crippen molar-refractivity contribution in [2.24, 2.45) is 5.92 Å². The van der Waals surface area contributed by atoms with Gasteiger partial charge >= 0.3 is 0 Å². The molecule has 0 aliphatic heterocycles. The van der Waals surface area contributed by atoms with Crippen molar-refractivity contribution in [2.75, 3.05) is 0 Å². The second-order valence-corrected chi connectivity index (χ2v) is 4.29. The van der Waals surface area contributed by atoms with E-state index in [1.807, 2.05) is 0 Å². The normalized spacial score (nSPS) is 17.1. The van der Waals surface area contributed by atoms with Gasteiger partial charge in [0.15, 0.2) is 0 Å². The van der Waals surface area contributed by atoms with Gasteiger partial charge in [0, 0.05) is 5.57 Å². The lowest BCUT2D eigenvalue weighted by atomic mass is 9.81. The molecule has 15 heavy (non-hydrogen) atoms. The highest BCUT2D eigenvalue weighted by atomic mass is 14.2. The zero-order chi connectivity index (χ0) is 10.5. The van der Waals surface area contributed by atoms with Crippen LogP contribution in [-0.4, -0.2) is 0 Å². The van der Waals surface area contributed by atoms with Gasteiger partial charge in [-0.1, -0.05) is 56.2 Å². The number of allylic oxidation sites excluding steroid dienone is 1. The molecule has 1 aliphatic carbocycles. The lowest BCUT2D eigenvalue weighted by Crippen LogP contribution is -2.07. The number of hydrogen-bond donors (Lipinski definition) is 0. The Hall–Kier alpha value is -1.26. The third-order valence-corrected chi connectivity index (χ3v) is 3.29. The summed E-state index contributed by atoms with van der Waals surface area (Å²) in [6.07, 6.45) is 6.75. The fourth-order valence-corrected chi connectivity index (χ4v) is 2.49. The minimum absolute atomic E-state index is 0.693. The fraction of sp³-hybridized carbons (Fsp3) is 0.400. The summed E-state index contributed by atoms with van der Waals surface area (Å²) in [5.41, 5.74) is 5.79. The molecule has 0 atom stereocenters. The Balaban J connectivity index is 2.21. The first kappa shape index (κ1) is 10.3. The van der Waals surface area contributed by atoms with Crippen LogP contribution in [0, 0.1) is 5.92 Å². The Morgan fingerprint density at radius 3 is 2.33 bits per heavy atom. The fourth-order valence-electron chi connectivity index (χ4n) is 2.49. The van der Waals surface area contributed by atoms with Gasteiger partial charge in [0.05, 0.1) is 0 Å². The summed E-state index contributed by atoms with van der Waals surface area (Å²) in [4.78, 5) is 0. The van der Waals surface area contributed by atoms with Crippen LogP contribution >= 0.6 is 0 Å². The first-order chi connectivity index (χ1) is 7.42. The maximum absolute atomic E-state index is 3.85. The van der Waals surface area contributed by atoms with Crippen LogP contribution in [0.3, 0.4) is 0 Å². The van der Waals surface area contributed by atoms with E-state index in [2.05, 4.69) is 42.6 Å². The average molecular weight is 198 g/mol. The van der Waals surface area contributed by atoms with Gasteiger partial charge < -0.3 is 0 Å². The maximum atomic E-state index is 3.85. The van der Waals surface area contributed by atoms with E-state index < -0.39 is 0 Å². The molecular weight excluding hydrogens is 180 g/mol. The lowest BCUT2D eigenvalue weighted by Gasteiger charge is -2.23. The summed E-state index contributed by atoms with van der Waals surface area (Å²) in [5, 5.41) is 0. The molecule has 0 saturated heterocycles. The van der Waals surface area contributed by atoms with Crippen molar-refractivity contribution in [1.82, 2.24) is 0 Å². The zero-order valence-corrected chi connectivity index (χ0v) is 9.21. The predicted molar refractivity (Wildman–Crippen MR) is 65.6 cm³/mol. The van der Waals surface area contributed by atoms with Crippen LogP contribution in [0.5, 0.6) is 0 Å². The van der Waals surface area contributed by atoms with Crippen LogP contribution in [0.15, 0.2) is 42.6 Å². The topological polar surface area (TPSA) is 0 Å². The first-order valence-electron chi connectivity index (χ1n) is 5.87. The third-order valence-electron chi connectivity index (χ3n) is 3.29. The molecule has 1 saturated carbocycles. The number of hydrogen-bond acceptors (Lipinski definition) is 0. The summed E-state index contributed by atoms with van der Waals surface area (Å²) in [7, 11) is 0.